The Balaban J connectivity index is 1.91. The topological polar surface area (TPSA) is 58.2 Å². The van der Waals surface area contributed by atoms with Crippen LogP contribution in [0.15, 0.2) is 60.7 Å². The van der Waals surface area contributed by atoms with E-state index in [2.05, 4.69) is 10.6 Å². The first-order valence-corrected chi connectivity index (χ1v) is 7.29. The largest absolute Gasteiger partial charge is 0.341 e. The second kappa shape index (κ2) is 7.41. The molecule has 2 rings (SSSR count). The predicted octanol–water partition coefficient (Wildman–Crippen LogP) is 2.74. The highest BCUT2D eigenvalue weighted by molar-refractivity contribution is 6.35. The van der Waals surface area contributed by atoms with Crippen LogP contribution in [0.1, 0.15) is 37.1 Å². The van der Waals surface area contributed by atoms with Crippen LogP contribution in [0.25, 0.3) is 0 Å². The Hall–Kier alpha value is -2.62. The van der Waals surface area contributed by atoms with Crippen LogP contribution in [0, 0.1) is 0 Å². The van der Waals surface area contributed by atoms with Gasteiger partial charge in [-0.05, 0) is 25.0 Å². The lowest BCUT2D eigenvalue weighted by Gasteiger charge is -2.17. The third-order valence-corrected chi connectivity index (χ3v) is 3.50. The first-order chi connectivity index (χ1) is 10.6. The summed E-state index contributed by atoms with van der Waals surface area (Å²) in [5.41, 5.74) is 1.92. The van der Waals surface area contributed by atoms with E-state index in [9.17, 15) is 9.59 Å². The van der Waals surface area contributed by atoms with E-state index in [1.165, 1.54) is 0 Å². The lowest BCUT2D eigenvalue weighted by molar-refractivity contribution is -0.140. The predicted molar refractivity (Wildman–Crippen MR) is 86.0 cm³/mol. The molecule has 4 nitrogen and oxygen atoms in total. The molecule has 0 heterocycles. The molecule has 2 atom stereocenters. The van der Waals surface area contributed by atoms with Gasteiger partial charge in [0.15, 0.2) is 0 Å². The molecule has 0 saturated heterocycles. The number of carbonyl (C=O) groups excluding carboxylic acids is 2. The second-order valence-electron chi connectivity index (χ2n) is 5.21. The van der Waals surface area contributed by atoms with E-state index in [-0.39, 0.29) is 12.1 Å². The average Bonchev–Trinajstić information content (AvgIpc) is 2.56. The summed E-state index contributed by atoms with van der Waals surface area (Å²) < 4.78 is 0. The summed E-state index contributed by atoms with van der Waals surface area (Å²) in [5, 5.41) is 5.40. The molecule has 114 valence electrons. The molecule has 0 radical (unpaired) electrons. The normalized spacial score (nSPS) is 13.0. The second-order valence-corrected chi connectivity index (χ2v) is 5.21. The molecule has 0 spiro atoms. The van der Waals surface area contributed by atoms with Crippen LogP contribution in [0.3, 0.4) is 0 Å². The van der Waals surface area contributed by atoms with E-state index in [4.69, 9.17) is 0 Å². The van der Waals surface area contributed by atoms with Gasteiger partial charge in [0.2, 0.25) is 0 Å². The molecule has 4 heteroatoms. The molecule has 0 saturated carbocycles. The van der Waals surface area contributed by atoms with Crippen LogP contribution in [0.4, 0.5) is 0 Å². The van der Waals surface area contributed by atoms with Crippen LogP contribution in [0.2, 0.25) is 0 Å². The van der Waals surface area contributed by atoms with Crippen LogP contribution in [0.5, 0.6) is 0 Å². The lowest BCUT2D eigenvalue weighted by Crippen LogP contribution is -2.41. The number of hydrogen-bond acceptors (Lipinski definition) is 2. The van der Waals surface area contributed by atoms with Crippen molar-refractivity contribution < 1.29 is 9.59 Å². The van der Waals surface area contributed by atoms with Crippen molar-refractivity contribution in [2.45, 2.75) is 25.9 Å². The van der Waals surface area contributed by atoms with Gasteiger partial charge in [0, 0.05) is 0 Å². The maximum absolute atomic E-state index is 12.0. The van der Waals surface area contributed by atoms with Gasteiger partial charge in [-0.3, -0.25) is 9.59 Å². The van der Waals surface area contributed by atoms with Crippen molar-refractivity contribution in [1.29, 1.82) is 0 Å². The summed E-state index contributed by atoms with van der Waals surface area (Å²) in [4.78, 5) is 23.9. The molecule has 0 unspecified atom stereocenters. The molecule has 0 fully saturated rings. The SMILES string of the molecule is C[C@H](NC(=O)C(=O)N[C@@H](C)c1ccccc1)c1ccccc1. The molecule has 0 bridgehead atoms. The molecule has 22 heavy (non-hydrogen) atoms. The average molecular weight is 296 g/mol. The van der Waals surface area contributed by atoms with E-state index < -0.39 is 11.8 Å². The van der Waals surface area contributed by atoms with E-state index in [0.29, 0.717) is 0 Å². The number of hydrogen-bond donors (Lipinski definition) is 2. The molecule has 2 aromatic carbocycles. The van der Waals surface area contributed by atoms with Crippen molar-refractivity contribution in [1.82, 2.24) is 10.6 Å². The highest BCUT2D eigenvalue weighted by Crippen LogP contribution is 2.12. The maximum Gasteiger partial charge on any atom is 0.309 e. The maximum atomic E-state index is 12.0. The quantitative estimate of drug-likeness (QED) is 0.852. The van der Waals surface area contributed by atoms with Crippen molar-refractivity contribution in [3.63, 3.8) is 0 Å². The Labute approximate surface area is 130 Å². The smallest absolute Gasteiger partial charge is 0.309 e. The van der Waals surface area contributed by atoms with Crippen LogP contribution < -0.4 is 10.6 Å². The first-order valence-electron chi connectivity index (χ1n) is 7.29. The van der Waals surface area contributed by atoms with Gasteiger partial charge in [-0.15, -0.1) is 0 Å². The van der Waals surface area contributed by atoms with Crippen LogP contribution in [-0.2, 0) is 9.59 Å². The zero-order chi connectivity index (χ0) is 15.9. The third-order valence-electron chi connectivity index (χ3n) is 3.50. The van der Waals surface area contributed by atoms with E-state index in [1.807, 2.05) is 74.5 Å². The van der Waals surface area contributed by atoms with Gasteiger partial charge in [0.05, 0.1) is 12.1 Å². The molecule has 0 aliphatic rings. The van der Waals surface area contributed by atoms with Crippen molar-refractivity contribution in [2.24, 2.45) is 0 Å². The third kappa shape index (κ3) is 4.19. The number of carbonyl (C=O) groups is 2. The van der Waals surface area contributed by atoms with Crippen molar-refractivity contribution in [3.05, 3.63) is 71.8 Å². The molecule has 2 N–H and O–H groups in total. The van der Waals surface area contributed by atoms with Gasteiger partial charge in [0.25, 0.3) is 0 Å². The zero-order valence-electron chi connectivity index (χ0n) is 12.7. The minimum atomic E-state index is -0.626. The molecular weight excluding hydrogens is 276 g/mol. The van der Waals surface area contributed by atoms with Crippen LogP contribution in [-0.4, -0.2) is 11.8 Å². The van der Waals surface area contributed by atoms with E-state index >= 15 is 0 Å². The molecule has 0 aromatic heterocycles. The Kier molecular flexibility index (Phi) is 5.31. The van der Waals surface area contributed by atoms with Crippen molar-refractivity contribution in [3.8, 4) is 0 Å². The summed E-state index contributed by atoms with van der Waals surface area (Å²) in [7, 11) is 0. The monoisotopic (exact) mass is 296 g/mol. The van der Waals surface area contributed by atoms with E-state index in [1.54, 1.807) is 0 Å². The number of rotatable bonds is 4. The Bertz CT molecular complexity index is 569. The van der Waals surface area contributed by atoms with Gasteiger partial charge in [0.1, 0.15) is 0 Å². The fourth-order valence-electron chi connectivity index (χ4n) is 2.17. The van der Waals surface area contributed by atoms with Crippen molar-refractivity contribution >= 4 is 11.8 Å². The number of benzene rings is 2. The number of nitrogens with one attached hydrogen (secondary N) is 2. The van der Waals surface area contributed by atoms with Crippen molar-refractivity contribution in [2.75, 3.05) is 0 Å². The summed E-state index contributed by atoms with van der Waals surface area (Å²) >= 11 is 0. The highest BCUT2D eigenvalue weighted by atomic mass is 16.2. The fourth-order valence-corrected chi connectivity index (χ4v) is 2.17. The summed E-state index contributed by atoms with van der Waals surface area (Å²) in [6, 6.07) is 18.6. The lowest BCUT2D eigenvalue weighted by atomic mass is 10.1. The Morgan fingerprint density at radius 2 is 1.00 bits per heavy atom. The van der Waals surface area contributed by atoms with Gasteiger partial charge >= 0.3 is 11.8 Å². The Morgan fingerprint density at radius 3 is 1.32 bits per heavy atom. The zero-order valence-corrected chi connectivity index (χ0v) is 12.7. The van der Waals surface area contributed by atoms with Gasteiger partial charge < -0.3 is 10.6 Å². The van der Waals surface area contributed by atoms with E-state index in [0.717, 1.165) is 11.1 Å². The first kappa shape index (κ1) is 15.8. The highest BCUT2D eigenvalue weighted by Gasteiger charge is 2.19. The summed E-state index contributed by atoms with van der Waals surface area (Å²) in [6.07, 6.45) is 0. The minimum Gasteiger partial charge on any atom is -0.341 e. The van der Waals surface area contributed by atoms with Gasteiger partial charge in [-0.25, -0.2) is 0 Å². The van der Waals surface area contributed by atoms with Gasteiger partial charge in [-0.1, -0.05) is 60.7 Å². The molecule has 2 amide bonds. The Morgan fingerprint density at radius 1 is 0.682 bits per heavy atom. The number of amides is 2. The van der Waals surface area contributed by atoms with Crippen LogP contribution >= 0.6 is 0 Å². The minimum absolute atomic E-state index is 0.216. The summed E-state index contributed by atoms with van der Waals surface area (Å²) in [5.74, 6) is -1.25. The molecular formula is C18H20N2O2. The molecule has 2 aromatic rings. The molecule has 0 aliphatic heterocycles. The fraction of sp³-hybridized carbons (Fsp3) is 0.222. The molecule has 0 aliphatic carbocycles. The standard InChI is InChI=1S/C18H20N2O2/c1-13(15-9-5-3-6-10-15)19-17(21)18(22)20-14(2)16-11-7-4-8-12-16/h3-14H,1-2H3,(H,19,21)(H,20,22)/t13-,14-/m0/s1. The van der Waals surface area contributed by atoms with Gasteiger partial charge in [-0.2, -0.15) is 0 Å². The summed E-state index contributed by atoms with van der Waals surface area (Å²) in [6.45, 7) is 3.70.